The fourth-order valence-corrected chi connectivity index (χ4v) is 5.12. The van der Waals surface area contributed by atoms with E-state index >= 15 is 0 Å². The Balaban J connectivity index is 2.17. The molecule has 6 nitrogen and oxygen atoms in total. The third kappa shape index (κ3) is 8.57. The quantitative estimate of drug-likeness (QED) is 0.323. The molecule has 1 rings (SSSR count). The van der Waals surface area contributed by atoms with Crippen LogP contribution >= 0.6 is 11.8 Å². The van der Waals surface area contributed by atoms with Gasteiger partial charge in [-0.05, 0) is 13.3 Å². The van der Waals surface area contributed by atoms with E-state index in [9.17, 15) is 24.6 Å². The highest BCUT2D eigenvalue weighted by Crippen LogP contribution is 2.40. The standard InChI is InChI=1S/C22H39NO5S/c1-3-4-5-6-7-8-9-10-11-12-13-14-15-16-19(24)23-18(20(25)26)17-29-22(23,2)21(27)28/h18H,3-17H2,1-2H3,(H,25,26)(H,27,28). The number of carbonyl (C=O) groups excluding carboxylic acids is 1. The third-order valence-electron chi connectivity index (χ3n) is 5.74. The zero-order valence-corrected chi connectivity index (χ0v) is 19.0. The molecule has 1 amide bonds. The first-order chi connectivity index (χ1) is 13.8. The van der Waals surface area contributed by atoms with Crippen molar-refractivity contribution >= 4 is 29.6 Å². The van der Waals surface area contributed by atoms with Crippen LogP contribution in [0.5, 0.6) is 0 Å². The Labute approximate surface area is 179 Å². The van der Waals surface area contributed by atoms with Gasteiger partial charge in [-0.2, -0.15) is 0 Å². The number of carbonyl (C=O) groups is 3. The van der Waals surface area contributed by atoms with Crippen LogP contribution in [0.15, 0.2) is 0 Å². The van der Waals surface area contributed by atoms with E-state index in [4.69, 9.17) is 0 Å². The van der Waals surface area contributed by atoms with E-state index in [1.165, 1.54) is 64.7 Å². The van der Waals surface area contributed by atoms with Crippen LogP contribution in [0.2, 0.25) is 0 Å². The van der Waals surface area contributed by atoms with Gasteiger partial charge in [-0.3, -0.25) is 4.79 Å². The SMILES string of the molecule is CCCCCCCCCCCCCCCC(=O)N1C(C(=O)O)CSC1(C)C(=O)O. The van der Waals surface area contributed by atoms with Crippen LogP contribution in [0.3, 0.4) is 0 Å². The molecule has 0 aromatic heterocycles. The second-order valence-corrected chi connectivity index (χ2v) is 9.63. The number of amides is 1. The van der Waals surface area contributed by atoms with E-state index in [0.29, 0.717) is 6.42 Å². The maximum atomic E-state index is 12.6. The van der Waals surface area contributed by atoms with Gasteiger partial charge < -0.3 is 15.1 Å². The second-order valence-electron chi connectivity index (χ2n) is 8.21. The lowest BCUT2D eigenvalue weighted by Gasteiger charge is -2.32. The van der Waals surface area contributed by atoms with E-state index in [1.807, 2.05) is 0 Å². The molecule has 2 atom stereocenters. The molecule has 0 aromatic rings. The Morgan fingerprint density at radius 2 is 1.31 bits per heavy atom. The van der Waals surface area contributed by atoms with E-state index in [1.54, 1.807) is 0 Å². The first-order valence-electron chi connectivity index (χ1n) is 11.3. The van der Waals surface area contributed by atoms with Gasteiger partial charge >= 0.3 is 11.9 Å². The predicted octanol–water partition coefficient (Wildman–Crippen LogP) is 5.30. The van der Waals surface area contributed by atoms with Gasteiger partial charge in [0.15, 0.2) is 4.87 Å². The molecule has 0 saturated carbocycles. The lowest BCUT2D eigenvalue weighted by atomic mass is 10.0. The van der Waals surface area contributed by atoms with Gasteiger partial charge in [0.1, 0.15) is 6.04 Å². The first-order valence-corrected chi connectivity index (χ1v) is 12.3. The van der Waals surface area contributed by atoms with Gasteiger partial charge in [0, 0.05) is 12.2 Å². The average Bonchev–Trinajstić information content (AvgIpc) is 3.04. The summed E-state index contributed by atoms with van der Waals surface area (Å²) in [5, 5.41) is 18.8. The van der Waals surface area contributed by atoms with Crippen LogP contribution < -0.4 is 0 Å². The first kappa shape index (κ1) is 25.8. The van der Waals surface area contributed by atoms with Crippen molar-refractivity contribution in [2.45, 2.75) is 115 Å². The summed E-state index contributed by atoms with van der Waals surface area (Å²) >= 11 is 1.01. The summed E-state index contributed by atoms with van der Waals surface area (Å²) < 4.78 is 0. The summed E-state index contributed by atoms with van der Waals surface area (Å²) in [4.78, 5) is 35.2. The third-order valence-corrected chi connectivity index (χ3v) is 7.15. The maximum Gasteiger partial charge on any atom is 0.340 e. The van der Waals surface area contributed by atoms with Crippen molar-refractivity contribution in [2.24, 2.45) is 0 Å². The number of aliphatic carboxylic acids is 2. The molecule has 2 N–H and O–H groups in total. The van der Waals surface area contributed by atoms with Crippen molar-refractivity contribution in [3.63, 3.8) is 0 Å². The van der Waals surface area contributed by atoms with Crippen molar-refractivity contribution < 1.29 is 24.6 Å². The van der Waals surface area contributed by atoms with Crippen molar-refractivity contribution in [2.75, 3.05) is 5.75 Å². The van der Waals surface area contributed by atoms with Crippen molar-refractivity contribution in [3.05, 3.63) is 0 Å². The van der Waals surface area contributed by atoms with Gasteiger partial charge in [-0.15, -0.1) is 11.8 Å². The number of rotatable bonds is 16. The van der Waals surface area contributed by atoms with E-state index in [0.717, 1.165) is 35.9 Å². The number of carboxylic acid groups (broad SMARTS) is 2. The van der Waals surface area contributed by atoms with Crippen LogP contribution in [0.1, 0.15) is 104 Å². The van der Waals surface area contributed by atoms with Gasteiger partial charge in [-0.1, -0.05) is 84.0 Å². The summed E-state index contributed by atoms with van der Waals surface area (Å²) in [6.45, 7) is 3.66. The van der Waals surface area contributed by atoms with Gasteiger partial charge in [0.05, 0.1) is 0 Å². The van der Waals surface area contributed by atoms with Crippen LogP contribution in [0, 0.1) is 0 Å². The molecule has 1 fully saturated rings. The Hall–Kier alpha value is -1.24. The molecule has 1 aliphatic heterocycles. The highest BCUT2D eigenvalue weighted by molar-refractivity contribution is 8.01. The molecule has 29 heavy (non-hydrogen) atoms. The lowest BCUT2D eigenvalue weighted by molar-refractivity contribution is -0.158. The Morgan fingerprint density at radius 3 is 1.72 bits per heavy atom. The molecule has 168 valence electrons. The molecule has 0 bridgehead atoms. The highest BCUT2D eigenvalue weighted by Gasteiger charge is 2.53. The van der Waals surface area contributed by atoms with E-state index in [-0.39, 0.29) is 18.1 Å². The Kier molecular flexibility index (Phi) is 12.4. The fourth-order valence-electron chi connectivity index (χ4n) is 3.86. The topological polar surface area (TPSA) is 94.9 Å². The fraction of sp³-hybridized carbons (Fsp3) is 0.864. The smallest absolute Gasteiger partial charge is 0.340 e. The second kappa shape index (κ2) is 13.9. The van der Waals surface area contributed by atoms with Crippen LogP contribution in [-0.2, 0) is 14.4 Å². The predicted molar refractivity (Wildman–Crippen MR) is 117 cm³/mol. The van der Waals surface area contributed by atoms with Gasteiger partial charge in [0.2, 0.25) is 5.91 Å². The van der Waals surface area contributed by atoms with Crippen LogP contribution in [0.4, 0.5) is 0 Å². The number of unbranched alkanes of at least 4 members (excludes halogenated alkanes) is 12. The van der Waals surface area contributed by atoms with Crippen molar-refractivity contribution in [1.29, 1.82) is 0 Å². The summed E-state index contributed by atoms with van der Waals surface area (Å²) in [6.07, 6.45) is 15.9. The number of hydrogen-bond donors (Lipinski definition) is 2. The minimum absolute atomic E-state index is 0.114. The monoisotopic (exact) mass is 429 g/mol. The Bertz CT molecular complexity index is 527. The summed E-state index contributed by atoms with van der Waals surface area (Å²) in [5.74, 6) is -2.55. The molecule has 1 heterocycles. The molecular formula is C22H39NO5S. The van der Waals surface area contributed by atoms with Crippen LogP contribution in [0.25, 0.3) is 0 Å². The molecule has 0 radical (unpaired) electrons. The van der Waals surface area contributed by atoms with Crippen LogP contribution in [-0.4, -0.2) is 49.6 Å². The van der Waals surface area contributed by atoms with E-state index in [2.05, 4.69) is 6.92 Å². The summed E-state index contributed by atoms with van der Waals surface area (Å²) in [7, 11) is 0. The number of carboxylic acids is 2. The van der Waals surface area contributed by atoms with Crippen molar-refractivity contribution in [1.82, 2.24) is 4.90 Å². The zero-order chi connectivity index (χ0) is 21.7. The van der Waals surface area contributed by atoms with Crippen molar-refractivity contribution in [3.8, 4) is 0 Å². The lowest BCUT2D eigenvalue weighted by Crippen LogP contribution is -2.54. The minimum atomic E-state index is -1.49. The highest BCUT2D eigenvalue weighted by atomic mass is 32.2. The molecule has 7 heteroatoms. The number of thioether (sulfide) groups is 1. The van der Waals surface area contributed by atoms with Gasteiger partial charge in [-0.25, -0.2) is 9.59 Å². The molecule has 0 spiro atoms. The maximum absolute atomic E-state index is 12.6. The number of hydrogen-bond acceptors (Lipinski definition) is 4. The normalized spacial score (nSPS) is 21.4. The molecule has 1 saturated heterocycles. The summed E-state index contributed by atoms with van der Waals surface area (Å²) in [5.41, 5.74) is 0. The molecule has 2 unspecified atom stereocenters. The molecule has 0 aliphatic carbocycles. The average molecular weight is 430 g/mol. The molecular weight excluding hydrogens is 390 g/mol. The molecule has 1 aliphatic rings. The largest absolute Gasteiger partial charge is 0.480 e. The molecule has 0 aromatic carbocycles. The van der Waals surface area contributed by atoms with E-state index < -0.39 is 22.9 Å². The minimum Gasteiger partial charge on any atom is -0.480 e. The van der Waals surface area contributed by atoms with Gasteiger partial charge in [0.25, 0.3) is 0 Å². The zero-order valence-electron chi connectivity index (χ0n) is 18.2. The summed E-state index contributed by atoms with van der Waals surface area (Å²) in [6, 6.07) is -1.06. The Morgan fingerprint density at radius 1 is 0.862 bits per heavy atom. The number of nitrogens with zero attached hydrogens (tertiary/aromatic N) is 1.